The summed E-state index contributed by atoms with van der Waals surface area (Å²) in [7, 11) is 0. The number of H-pyrrole nitrogens is 1. The predicted molar refractivity (Wildman–Crippen MR) is 64.3 cm³/mol. The minimum atomic E-state index is -2.76. The largest absolute Gasteiger partial charge is 0.352 e. The maximum absolute atomic E-state index is 12.5. The molecule has 0 aliphatic carbocycles. The van der Waals surface area contributed by atoms with Gasteiger partial charge >= 0.3 is 0 Å². The van der Waals surface area contributed by atoms with Gasteiger partial charge in [-0.2, -0.15) is 0 Å². The molecule has 0 fully saturated rings. The quantitative estimate of drug-likeness (QED) is 0.837. The van der Waals surface area contributed by atoms with Crippen molar-refractivity contribution in [3.63, 3.8) is 0 Å². The van der Waals surface area contributed by atoms with Gasteiger partial charge in [-0.15, -0.1) is 0 Å². The highest BCUT2D eigenvalue weighted by atomic mass is 35.5. The van der Waals surface area contributed by atoms with Crippen LogP contribution in [-0.2, 0) is 0 Å². The summed E-state index contributed by atoms with van der Waals surface area (Å²) in [5.41, 5.74) is -0.265. The fraction of sp³-hybridized carbons (Fsp3) is 0.182. The smallest absolute Gasteiger partial charge is 0.278 e. The number of alkyl halides is 2. The van der Waals surface area contributed by atoms with Gasteiger partial charge in [0.1, 0.15) is 0 Å². The standard InChI is InChI=1S/C11H7Cl2F2NO/c1-4-2-5(12)10-8(9(4)13)7(17)3-6(16-10)11(14)15/h2-3,11H,1H3,(H,16,17). The Morgan fingerprint density at radius 1 is 1.29 bits per heavy atom. The molecule has 0 spiro atoms. The van der Waals surface area contributed by atoms with Crippen molar-refractivity contribution in [3.05, 3.63) is 43.7 Å². The minimum absolute atomic E-state index is 0.140. The van der Waals surface area contributed by atoms with E-state index < -0.39 is 17.5 Å². The highest BCUT2D eigenvalue weighted by Gasteiger charge is 2.15. The van der Waals surface area contributed by atoms with E-state index in [0.29, 0.717) is 5.56 Å². The van der Waals surface area contributed by atoms with Gasteiger partial charge in [0, 0.05) is 6.07 Å². The molecule has 1 aromatic heterocycles. The second-order valence-electron chi connectivity index (χ2n) is 3.63. The summed E-state index contributed by atoms with van der Waals surface area (Å²) >= 11 is 11.9. The minimum Gasteiger partial charge on any atom is -0.352 e. The number of aromatic amines is 1. The molecule has 0 amide bonds. The monoisotopic (exact) mass is 277 g/mol. The van der Waals surface area contributed by atoms with E-state index >= 15 is 0 Å². The third-order valence-electron chi connectivity index (χ3n) is 2.44. The van der Waals surface area contributed by atoms with Crippen molar-refractivity contribution < 1.29 is 8.78 Å². The zero-order valence-corrected chi connectivity index (χ0v) is 10.2. The lowest BCUT2D eigenvalue weighted by atomic mass is 10.1. The molecule has 0 aliphatic heterocycles. The van der Waals surface area contributed by atoms with Crippen LogP contribution in [0.25, 0.3) is 10.9 Å². The number of halogens is 4. The van der Waals surface area contributed by atoms with Crippen LogP contribution in [0, 0.1) is 6.92 Å². The summed E-state index contributed by atoms with van der Waals surface area (Å²) in [4.78, 5) is 14.2. The molecule has 0 bridgehead atoms. The van der Waals surface area contributed by atoms with Crippen LogP contribution in [0.4, 0.5) is 8.78 Å². The van der Waals surface area contributed by atoms with E-state index in [4.69, 9.17) is 23.2 Å². The number of aryl methyl sites for hydroxylation is 1. The van der Waals surface area contributed by atoms with Crippen LogP contribution in [0.3, 0.4) is 0 Å². The van der Waals surface area contributed by atoms with E-state index in [1.54, 1.807) is 6.92 Å². The van der Waals surface area contributed by atoms with Crippen LogP contribution in [0.15, 0.2) is 16.9 Å². The average Bonchev–Trinajstić information content (AvgIpc) is 2.25. The summed E-state index contributed by atoms with van der Waals surface area (Å²) in [6.45, 7) is 1.69. The maximum Gasteiger partial charge on any atom is 0.278 e. The zero-order valence-electron chi connectivity index (χ0n) is 8.65. The van der Waals surface area contributed by atoms with Crippen molar-refractivity contribution in [1.82, 2.24) is 4.98 Å². The lowest BCUT2D eigenvalue weighted by molar-refractivity contribution is 0.146. The highest BCUT2D eigenvalue weighted by molar-refractivity contribution is 6.40. The molecule has 2 aromatic rings. The first-order valence-electron chi connectivity index (χ1n) is 4.71. The molecular weight excluding hydrogens is 271 g/mol. The first kappa shape index (κ1) is 12.3. The average molecular weight is 278 g/mol. The Kier molecular flexibility index (Phi) is 3.10. The normalized spacial score (nSPS) is 11.4. The second-order valence-corrected chi connectivity index (χ2v) is 4.41. The Hall–Kier alpha value is -1.13. The van der Waals surface area contributed by atoms with Gasteiger partial charge in [0.25, 0.3) is 6.43 Å². The Labute approximate surface area is 105 Å². The third-order valence-corrected chi connectivity index (χ3v) is 3.22. The molecule has 17 heavy (non-hydrogen) atoms. The zero-order chi connectivity index (χ0) is 12.7. The molecular formula is C11H7Cl2F2NO. The predicted octanol–water partition coefficient (Wildman–Crippen LogP) is 4.08. The van der Waals surface area contributed by atoms with Crippen LogP contribution in [-0.4, -0.2) is 4.98 Å². The summed E-state index contributed by atoms with van der Waals surface area (Å²) in [5, 5.41) is 0.564. The molecule has 2 nitrogen and oxygen atoms in total. The van der Waals surface area contributed by atoms with Gasteiger partial charge in [-0.25, -0.2) is 8.78 Å². The molecule has 90 valence electrons. The molecule has 0 radical (unpaired) electrons. The van der Waals surface area contributed by atoms with Crippen molar-refractivity contribution >= 4 is 34.1 Å². The molecule has 2 rings (SSSR count). The molecule has 0 unspecified atom stereocenters. The molecule has 1 N–H and O–H groups in total. The number of hydrogen-bond acceptors (Lipinski definition) is 1. The molecule has 0 aliphatic rings. The van der Waals surface area contributed by atoms with Crippen molar-refractivity contribution in [1.29, 1.82) is 0 Å². The van der Waals surface area contributed by atoms with Crippen LogP contribution in [0.1, 0.15) is 17.7 Å². The number of nitrogens with one attached hydrogen (secondary N) is 1. The third kappa shape index (κ3) is 2.03. The van der Waals surface area contributed by atoms with E-state index in [2.05, 4.69) is 4.98 Å². The Balaban J connectivity index is 2.96. The van der Waals surface area contributed by atoms with Gasteiger partial charge in [-0.1, -0.05) is 23.2 Å². The van der Waals surface area contributed by atoms with Gasteiger partial charge < -0.3 is 4.98 Å². The van der Waals surface area contributed by atoms with Crippen LogP contribution in [0.5, 0.6) is 0 Å². The maximum atomic E-state index is 12.5. The number of rotatable bonds is 1. The summed E-state index contributed by atoms with van der Waals surface area (Å²) in [6, 6.07) is 2.37. The van der Waals surface area contributed by atoms with Crippen molar-refractivity contribution in [2.45, 2.75) is 13.3 Å². The van der Waals surface area contributed by atoms with Gasteiger partial charge in [0.05, 0.1) is 26.6 Å². The number of pyridine rings is 1. The summed E-state index contributed by atoms with van der Waals surface area (Å²) in [6.07, 6.45) is -2.76. The number of benzene rings is 1. The fourth-order valence-corrected chi connectivity index (χ4v) is 2.16. The van der Waals surface area contributed by atoms with Crippen LogP contribution in [0.2, 0.25) is 10.0 Å². The van der Waals surface area contributed by atoms with E-state index in [9.17, 15) is 13.6 Å². The molecule has 1 aromatic carbocycles. The topological polar surface area (TPSA) is 32.9 Å². The van der Waals surface area contributed by atoms with Gasteiger partial charge in [0.2, 0.25) is 0 Å². The van der Waals surface area contributed by atoms with Crippen molar-refractivity contribution in [3.8, 4) is 0 Å². The lowest BCUT2D eigenvalue weighted by Gasteiger charge is -2.08. The molecule has 0 saturated carbocycles. The second kappa shape index (κ2) is 4.27. The SMILES string of the molecule is Cc1cc(Cl)c2[nH]c(C(F)F)cc(=O)c2c1Cl. The molecule has 1 heterocycles. The number of aromatic nitrogens is 1. The van der Waals surface area contributed by atoms with Crippen molar-refractivity contribution in [2.24, 2.45) is 0 Å². The first-order chi connectivity index (χ1) is 7.91. The van der Waals surface area contributed by atoms with E-state index in [-0.39, 0.29) is 20.9 Å². The lowest BCUT2D eigenvalue weighted by Crippen LogP contribution is -2.07. The summed E-state index contributed by atoms with van der Waals surface area (Å²) < 4.78 is 25.1. The van der Waals surface area contributed by atoms with Gasteiger partial charge in [0.15, 0.2) is 5.43 Å². The van der Waals surface area contributed by atoms with E-state index in [1.807, 2.05) is 0 Å². The van der Waals surface area contributed by atoms with Crippen LogP contribution < -0.4 is 5.43 Å². The van der Waals surface area contributed by atoms with Gasteiger partial charge in [-0.3, -0.25) is 4.79 Å². The number of hydrogen-bond donors (Lipinski definition) is 1. The Morgan fingerprint density at radius 2 is 1.94 bits per heavy atom. The van der Waals surface area contributed by atoms with E-state index in [0.717, 1.165) is 6.07 Å². The Bertz CT molecular complexity index is 652. The van der Waals surface area contributed by atoms with E-state index in [1.165, 1.54) is 6.07 Å². The molecule has 0 atom stereocenters. The summed E-state index contributed by atoms with van der Waals surface area (Å²) in [5.74, 6) is 0. The highest BCUT2D eigenvalue weighted by Crippen LogP contribution is 2.30. The first-order valence-corrected chi connectivity index (χ1v) is 5.47. The fourth-order valence-electron chi connectivity index (χ4n) is 1.62. The van der Waals surface area contributed by atoms with Gasteiger partial charge in [-0.05, 0) is 18.6 Å². The van der Waals surface area contributed by atoms with Crippen LogP contribution >= 0.6 is 23.2 Å². The van der Waals surface area contributed by atoms with Crippen molar-refractivity contribution in [2.75, 3.05) is 0 Å². The molecule has 0 saturated heterocycles. The Morgan fingerprint density at radius 3 is 2.53 bits per heavy atom. The number of fused-ring (bicyclic) bond motifs is 1. The molecule has 6 heteroatoms.